The van der Waals surface area contributed by atoms with Crippen molar-refractivity contribution in [1.82, 2.24) is 4.90 Å². The second-order valence-corrected chi connectivity index (χ2v) is 9.77. The van der Waals surface area contributed by atoms with Crippen LogP contribution in [0.4, 0.5) is 4.39 Å². The molecule has 0 aliphatic heterocycles. The van der Waals surface area contributed by atoms with E-state index in [2.05, 4.69) is 0 Å². The topological polar surface area (TPSA) is 63.7 Å². The van der Waals surface area contributed by atoms with Crippen LogP contribution >= 0.6 is 0 Å². The van der Waals surface area contributed by atoms with Crippen molar-refractivity contribution in [2.75, 3.05) is 0 Å². The Bertz CT molecular complexity index is 1420. The third-order valence-electron chi connectivity index (χ3n) is 5.47. The number of carbonyl (C=O) groups is 1. The van der Waals surface area contributed by atoms with Crippen LogP contribution in [0.15, 0.2) is 95.9 Å². The van der Waals surface area contributed by atoms with Crippen LogP contribution in [0, 0.1) is 5.82 Å². The summed E-state index contributed by atoms with van der Waals surface area (Å²) in [6.45, 7) is 4.26. The number of amides is 1. The Labute approximate surface area is 198 Å². The lowest BCUT2D eigenvalue weighted by atomic mass is 10.1. The van der Waals surface area contributed by atoms with Crippen molar-refractivity contribution in [3.8, 4) is 5.75 Å². The van der Waals surface area contributed by atoms with Crippen molar-refractivity contribution in [3.63, 3.8) is 0 Å². The third-order valence-corrected chi connectivity index (χ3v) is 6.73. The minimum Gasteiger partial charge on any atom is -0.379 e. The molecule has 0 aliphatic carbocycles. The first-order valence-electron chi connectivity index (χ1n) is 10.8. The molecule has 0 aromatic heterocycles. The van der Waals surface area contributed by atoms with Crippen LogP contribution < -0.4 is 4.18 Å². The predicted molar refractivity (Wildman–Crippen MR) is 130 cm³/mol. The van der Waals surface area contributed by atoms with E-state index in [-0.39, 0.29) is 22.6 Å². The Kier molecular flexibility index (Phi) is 6.65. The van der Waals surface area contributed by atoms with Gasteiger partial charge in [-0.1, -0.05) is 42.5 Å². The molecule has 1 amide bonds. The van der Waals surface area contributed by atoms with Gasteiger partial charge in [0.15, 0.2) is 0 Å². The van der Waals surface area contributed by atoms with Gasteiger partial charge in [-0.25, -0.2) is 4.39 Å². The van der Waals surface area contributed by atoms with E-state index in [4.69, 9.17) is 4.18 Å². The number of benzene rings is 4. The van der Waals surface area contributed by atoms with Gasteiger partial charge in [0, 0.05) is 18.2 Å². The van der Waals surface area contributed by atoms with Crippen molar-refractivity contribution in [2.24, 2.45) is 0 Å². The summed E-state index contributed by atoms with van der Waals surface area (Å²) >= 11 is 0. The Morgan fingerprint density at radius 3 is 2.18 bits per heavy atom. The molecule has 34 heavy (non-hydrogen) atoms. The minimum atomic E-state index is -4.08. The first-order valence-corrected chi connectivity index (χ1v) is 12.2. The van der Waals surface area contributed by atoms with Crippen LogP contribution in [-0.2, 0) is 16.7 Å². The van der Waals surface area contributed by atoms with Crippen molar-refractivity contribution in [1.29, 1.82) is 0 Å². The fourth-order valence-corrected chi connectivity index (χ4v) is 4.53. The lowest BCUT2D eigenvalue weighted by molar-refractivity contribution is 0.0690. The van der Waals surface area contributed by atoms with E-state index >= 15 is 0 Å². The quantitative estimate of drug-likeness (QED) is 0.316. The van der Waals surface area contributed by atoms with E-state index in [1.807, 2.05) is 56.3 Å². The lowest BCUT2D eigenvalue weighted by Gasteiger charge is -2.27. The molecule has 0 N–H and O–H groups in total. The Hall–Kier alpha value is -3.71. The van der Waals surface area contributed by atoms with E-state index in [1.165, 1.54) is 12.1 Å². The van der Waals surface area contributed by atoms with Crippen molar-refractivity contribution < 1.29 is 21.8 Å². The maximum Gasteiger partial charge on any atom is 0.339 e. The number of halogens is 1. The highest BCUT2D eigenvalue weighted by Gasteiger charge is 2.20. The van der Waals surface area contributed by atoms with E-state index in [1.54, 1.807) is 17.0 Å². The molecule has 5 nitrogen and oxygen atoms in total. The van der Waals surface area contributed by atoms with E-state index in [0.717, 1.165) is 40.6 Å². The maximum atomic E-state index is 13.3. The van der Waals surface area contributed by atoms with Gasteiger partial charge in [-0.05, 0) is 78.7 Å². The summed E-state index contributed by atoms with van der Waals surface area (Å²) in [7, 11) is -4.08. The smallest absolute Gasteiger partial charge is 0.339 e. The largest absolute Gasteiger partial charge is 0.379 e. The molecule has 174 valence electrons. The summed E-state index contributed by atoms with van der Waals surface area (Å²) in [5, 5.41) is 2.07. The number of nitrogens with zero attached hydrogens (tertiary/aromatic N) is 1. The molecule has 4 aromatic rings. The van der Waals surface area contributed by atoms with Gasteiger partial charge in [0.1, 0.15) is 16.5 Å². The molecule has 0 radical (unpaired) electrons. The van der Waals surface area contributed by atoms with E-state index in [0.29, 0.717) is 12.1 Å². The highest BCUT2D eigenvalue weighted by Crippen LogP contribution is 2.22. The van der Waals surface area contributed by atoms with Crippen LogP contribution in [0.5, 0.6) is 5.75 Å². The molecule has 0 spiro atoms. The number of carbonyl (C=O) groups excluding carboxylic acids is 1. The summed E-state index contributed by atoms with van der Waals surface area (Å²) in [6, 6.07) is 24.4. The molecule has 4 rings (SSSR count). The third kappa shape index (κ3) is 5.26. The molecule has 0 heterocycles. The van der Waals surface area contributed by atoms with Gasteiger partial charge < -0.3 is 9.08 Å². The number of hydrogen-bond acceptors (Lipinski definition) is 4. The normalized spacial score (nSPS) is 11.5. The SMILES string of the molecule is CC(C)N(Cc1ccc(OS(=O)(=O)c2ccc(F)cc2)cc1)C(=O)c1ccc2ccccc2c1. The van der Waals surface area contributed by atoms with Crippen molar-refractivity contribution in [3.05, 3.63) is 108 Å². The van der Waals surface area contributed by atoms with Crippen LogP contribution in [0.2, 0.25) is 0 Å². The van der Waals surface area contributed by atoms with E-state index < -0.39 is 15.9 Å². The van der Waals surface area contributed by atoms with Crippen molar-refractivity contribution in [2.45, 2.75) is 31.3 Å². The summed E-state index contributed by atoms with van der Waals surface area (Å²) in [4.78, 5) is 14.9. The van der Waals surface area contributed by atoms with Crippen LogP contribution in [0.1, 0.15) is 29.8 Å². The first kappa shape index (κ1) is 23.4. The molecule has 4 aromatic carbocycles. The Morgan fingerprint density at radius 2 is 1.53 bits per heavy atom. The lowest BCUT2D eigenvalue weighted by Crippen LogP contribution is -2.36. The van der Waals surface area contributed by atoms with Gasteiger partial charge in [0.2, 0.25) is 0 Å². The van der Waals surface area contributed by atoms with Gasteiger partial charge in [-0.2, -0.15) is 8.42 Å². The zero-order valence-corrected chi connectivity index (χ0v) is 19.6. The van der Waals surface area contributed by atoms with Gasteiger partial charge >= 0.3 is 10.1 Å². The number of hydrogen-bond donors (Lipinski definition) is 0. The summed E-state index contributed by atoms with van der Waals surface area (Å²) in [6.07, 6.45) is 0. The monoisotopic (exact) mass is 477 g/mol. The Morgan fingerprint density at radius 1 is 0.882 bits per heavy atom. The predicted octanol–water partition coefficient (Wildman–Crippen LogP) is 5.80. The van der Waals surface area contributed by atoms with Gasteiger partial charge in [0.05, 0.1) is 0 Å². The standard InChI is InChI=1S/C27H24FNO4S/c1-19(2)29(27(30)23-10-9-21-5-3-4-6-22(21)17-23)18-20-7-13-25(14-8-20)33-34(31,32)26-15-11-24(28)12-16-26/h3-17,19H,18H2,1-2H3. The second-order valence-electron chi connectivity index (χ2n) is 8.22. The molecule has 0 fully saturated rings. The van der Waals surface area contributed by atoms with Crippen molar-refractivity contribution >= 4 is 26.8 Å². The fourth-order valence-electron chi connectivity index (χ4n) is 3.60. The molecule has 0 atom stereocenters. The zero-order valence-electron chi connectivity index (χ0n) is 18.8. The van der Waals surface area contributed by atoms with Gasteiger partial charge in [0.25, 0.3) is 5.91 Å². The van der Waals surface area contributed by atoms with Crippen LogP contribution in [0.25, 0.3) is 10.8 Å². The molecule has 0 saturated heterocycles. The fraction of sp³-hybridized carbons (Fsp3) is 0.148. The molecule has 0 saturated carbocycles. The van der Waals surface area contributed by atoms with Gasteiger partial charge in [-0.3, -0.25) is 4.79 Å². The summed E-state index contributed by atoms with van der Waals surface area (Å²) in [5.41, 5.74) is 1.44. The highest BCUT2D eigenvalue weighted by atomic mass is 32.2. The Balaban J connectivity index is 1.49. The molecule has 0 unspecified atom stereocenters. The average Bonchev–Trinajstić information content (AvgIpc) is 2.82. The minimum absolute atomic E-state index is 0.0475. The maximum absolute atomic E-state index is 13.3. The number of rotatable bonds is 7. The van der Waals surface area contributed by atoms with Crippen LogP contribution in [0.3, 0.4) is 0 Å². The molecular weight excluding hydrogens is 453 g/mol. The summed E-state index contributed by atoms with van der Waals surface area (Å²) < 4.78 is 43.1. The van der Waals surface area contributed by atoms with Crippen LogP contribution in [-0.4, -0.2) is 25.3 Å². The zero-order chi connectivity index (χ0) is 24.3. The molecular formula is C27H24FNO4S. The van der Waals surface area contributed by atoms with Gasteiger partial charge in [-0.15, -0.1) is 0 Å². The number of fused-ring (bicyclic) bond motifs is 1. The molecule has 0 aliphatic rings. The first-order chi connectivity index (χ1) is 16.2. The molecule has 7 heteroatoms. The average molecular weight is 478 g/mol. The highest BCUT2D eigenvalue weighted by molar-refractivity contribution is 7.87. The van der Waals surface area contributed by atoms with E-state index in [9.17, 15) is 17.6 Å². The second kappa shape index (κ2) is 9.65. The summed E-state index contributed by atoms with van der Waals surface area (Å²) in [5.74, 6) is -0.485. The molecule has 0 bridgehead atoms.